The van der Waals surface area contributed by atoms with E-state index in [0.717, 1.165) is 19.6 Å². The predicted molar refractivity (Wildman–Crippen MR) is 67.2 cm³/mol. The maximum absolute atomic E-state index is 13.8. The minimum Gasteiger partial charge on any atom is -0.497 e. The minimum atomic E-state index is -0.191. The molecule has 2 rings (SSSR count). The lowest BCUT2D eigenvalue weighted by molar-refractivity contribution is 0.350. The van der Waals surface area contributed by atoms with Gasteiger partial charge in [-0.25, -0.2) is 4.39 Å². The number of hydrogen-bond acceptors (Lipinski definition) is 3. The highest BCUT2D eigenvalue weighted by molar-refractivity contribution is 5.53. The molecule has 0 bridgehead atoms. The highest BCUT2D eigenvalue weighted by Crippen LogP contribution is 2.27. The second kappa shape index (κ2) is 4.53. The van der Waals surface area contributed by atoms with E-state index in [9.17, 15) is 4.39 Å². The molecular weight excluding hydrogens is 219 g/mol. The number of piperazine rings is 1. The van der Waals surface area contributed by atoms with Crippen molar-refractivity contribution in [1.82, 2.24) is 5.32 Å². The molecule has 0 radical (unpaired) electrons. The van der Waals surface area contributed by atoms with Gasteiger partial charge in [0, 0.05) is 31.2 Å². The highest BCUT2D eigenvalue weighted by Gasteiger charge is 2.27. The molecule has 0 unspecified atom stereocenters. The first kappa shape index (κ1) is 12.2. The zero-order valence-corrected chi connectivity index (χ0v) is 10.6. The van der Waals surface area contributed by atoms with Gasteiger partial charge in [0.25, 0.3) is 0 Å². The summed E-state index contributed by atoms with van der Waals surface area (Å²) in [6.45, 7) is 6.71. The number of nitrogens with one attached hydrogen (secondary N) is 1. The Morgan fingerprint density at radius 1 is 1.41 bits per heavy atom. The molecule has 1 aliphatic rings. The Hall–Kier alpha value is -1.29. The molecule has 94 valence electrons. The van der Waals surface area contributed by atoms with Gasteiger partial charge in [-0.1, -0.05) is 0 Å². The standard InChI is InChI=1S/C13H19FN2O/c1-13(2)9-16(7-6-15-13)12-8-10(17-3)4-5-11(12)14/h4-5,8,15H,6-7,9H2,1-3H3. The van der Waals surface area contributed by atoms with Crippen molar-refractivity contribution in [2.24, 2.45) is 0 Å². The second-order valence-corrected chi connectivity index (χ2v) is 5.05. The molecule has 3 nitrogen and oxygen atoms in total. The van der Waals surface area contributed by atoms with Crippen molar-refractivity contribution in [3.05, 3.63) is 24.0 Å². The van der Waals surface area contributed by atoms with E-state index >= 15 is 0 Å². The lowest BCUT2D eigenvalue weighted by atomic mass is 10.0. The van der Waals surface area contributed by atoms with Crippen LogP contribution in [0.3, 0.4) is 0 Å². The summed E-state index contributed by atoms with van der Waals surface area (Å²) in [4.78, 5) is 2.06. The van der Waals surface area contributed by atoms with Gasteiger partial charge in [0.15, 0.2) is 0 Å². The van der Waals surface area contributed by atoms with Crippen LogP contribution in [-0.4, -0.2) is 32.3 Å². The molecule has 0 aromatic heterocycles. The van der Waals surface area contributed by atoms with Crippen LogP contribution in [0.2, 0.25) is 0 Å². The van der Waals surface area contributed by atoms with Crippen LogP contribution in [-0.2, 0) is 0 Å². The van der Waals surface area contributed by atoms with Gasteiger partial charge in [-0.15, -0.1) is 0 Å². The fourth-order valence-electron chi connectivity index (χ4n) is 2.21. The Morgan fingerprint density at radius 2 is 2.18 bits per heavy atom. The fraction of sp³-hybridized carbons (Fsp3) is 0.538. The molecule has 0 aliphatic carbocycles. The molecule has 0 spiro atoms. The van der Waals surface area contributed by atoms with Gasteiger partial charge in [0.05, 0.1) is 12.8 Å². The van der Waals surface area contributed by atoms with E-state index in [1.54, 1.807) is 19.2 Å². The van der Waals surface area contributed by atoms with Crippen LogP contribution >= 0.6 is 0 Å². The quantitative estimate of drug-likeness (QED) is 0.853. The average molecular weight is 238 g/mol. The summed E-state index contributed by atoms with van der Waals surface area (Å²) in [7, 11) is 1.60. The molecule has 1 saturated heterocycles. The van der Waals surface area contributed by atoms with Crippen molar-refractivity contribution >= 4 is 5.69 Å². The summed E-state index contributed by atoms with van der Waals surface area (Å²) in [6.07, 6.45) is 0. The van der Waals surface area contributed by atoms with Gasteiger partial charge in [0.1, 0.15) is 11.6 Å². The fourth-order valence-corrected chi connectivity index (χ4v) is 2.21. The molecule has 1 aromatic rings. The van der Waals surface area contributed by atoms with Gasteiger partial charge in [-0.2, -0.15) is 0 Å². The van der Waals surface area contributed by atoms with Crippen molar-refractivity contribution in [2.45, 2.75) is 19.4 Å². The Labute approximate surface area is 102 Å². The van der Waals surface area contributed by atoms with Crippen LogP contribution in [0, 0.1) is 5.82 Å². The number of hydrogen-bond donors (Lipinski definition) is 1. The molecule has 0 atom stereocenters. The Morgan fingerprint density at radius 3 is 2.82 bits per heavy atom. The summed E-state index contributed by atoms with van der Waals surface area (Å²) in [5, 5.41) is 3.41. The Balaban J connectivity index is 2.26. The molecule has 4 heteroatoms. The molecule has 1 aliphatic heterocycles. The number of rotatable bonds is 2. The number of benzene rings is 1. The van der Waals surface area contributed by atoms with E-state index in [2.05, 4.69) is 24.1 Å². The summed E-state index contributed by atoms with van der Waals surface area (Å²) < 4.78 is 19.0. The number of anilines is 1. The SMILES string of the molecule is COc1ccc(F)c(N2CCNC(C)(C)C2)c1. The van der Waals surface area contributed by atoms with Gasteiger partial charge in [-0.05, 0) is 26.0 Å². The summed E-state index contributed by atoms with van der Waals surface area (Å²) in [5.74, 6) is 0.501. The number of nitrogens with zero attached hydrogens (tertiary/aromatic N) is 1. The molecule has 1 N–H and O–H groups in total. The maximum atomic E-state index is 13.8. The molecule has 17 heavy (non-hydrogen) atoms. The third-order valence-corrected chi connectivity index (χ3v) is 3.07. The van der Waals surface area contributed by atoms with Crippen LogP contribution in [0.1, 0.15) is 13.8 Å². The summed E-state index contributed by atoms with van der Waals surface area (Å²) in [5.41, 5.74) is 0.632. The van der Waals surface area contributed by atoms with Crippen molar-refractivity contribution in [3.63, 3.8) is 0 Å². The number of ether oxygens (including phenoxy) is 1. The zero-order valence-electron chi connectivity index (χ0n) is 10.6. The summed E-state index contributed by atoms with van der Waals surface area (Å²) >= 11 is 0. The predicted octanol–water partition coefficient (Wildman–Crippen LogP) is 2.02. The van der Waals surface area contributed by atoms with Crippen LogP contribution in [0.15, 0.2) is 18.2 Å². The van der Waals surface area contributed by atoms with Gasteiger partial charge in [0.2, 0.25) is 0 Å². The van der Waals surface area contributed by atoms with Gasteiger partial charge < -0.3 is 15.0 Å². The third-order valence-electron chi connectivity index (χ3n) is 3.07. The van der Waals surface area contributed by atoms with Crippen molar-refractivity contribution in [2.75, 3.05) is 31.6 Å². The van der Waals surface area contributed by atoms with E-state index in [-0.39, 0.29) is 11.4 Å². The lowest BCUT2D eigenvalue weighted by Gasteiger charge is -2.40. The first-order valence-electron chi connectivity index (χ1n) is 5.85. The average Bonchev–Trinajstić information content (AvgIpc) is 2.28. The molecule has 1 aromatic carbocycles. The lowest BCUT2D eigenvalue weighted by Crippen LogP contribution is -2.57. The maximum Gasteiger partial charge on any atom is 0.146 e. The number of halogens is 1. The monoisotopic (exact) mass is 238 g/mol. The van der Waals surface area contributed by atoms with Crippen LogP contribution < -0.4 is 15.0 Å². The van der Waals surface area contributed by atoms with E-state index in [1.807, 2.05) is 0 Å². The van der Waals surface area contributed by atoms with Gasteiger partial charge >= 0.3 is 0 Å². The summed E-state index contributed by atoms with van der Waals surface area (Å²) in [6, 6.07) is 4.87. The smallest absolute Gasteiger partial charge is 0.146 e. The van der Waals surface area contributed by atoms with E-state index < -0.39 is 0 Å². The van der Waals surface area contributed by atoms with E-state index in [1.165, 1.54) is 6.07 Å². The minimum absolute atomic E-state index is 0.00770. The van der Waals surface area contributed by atoms with Crippen molar-refractivity contribution < 1.29 is 9.13 Å². The van der Waals surface area contributed by atoms with Crippen LogP contribution in [0.25, 0.3) is 0 Å². The van der Waals surface area contributed by atoms with Crippen molar-refractivity contribution in [1.29, 1.82) is 0 Å². The van der Waals surface area contributed by atoms with E-state index in [4.69, 9.17) is 4.74 Å². The normalized spacial score (nSPS) is 19.2. The zero-order chi connectivity index (χ0) is 12.5. The van der Waals surface area contributed by atoms with Crippen molar-refractivity contribution in [3.8, 4) is 5.75 Å². The van der Waals surface area contributed by atoms with Crippen LogP contribution in [0.5, 0.6) is 5.75 Å². The van der Waals surface area contributed by atoms with E-state index in [0.29, 0.717) is 11.4 Å². The third kappa shape index (κ3) is 2.69. The first-order valence-corrected chi connectivity index (χ1v) is 5.85. The van der Waals surface area contributed by atoms with Gasteiger partial charge in [-0.3, -0.25) is 0 Å². The Bertz CT molecular complexity index is 406. The molecular formula is C13H19FN2O. The first-order chi connectivity index (χ1) is 8.02. The molecule has 1 fully saturated rings. The number of methoxy groups -OCH3 is 1. The molecule has 0 amide bonds. The Kier molecular flexibility index (Phi) is 3.24. The molecule has 1 heterocycles. The van der Waals surface area contributed by atoms with Crippen LogP contribution in [0.4, 0.5) is 10.1 Å². The second-order valence-electron chi connectivity index (χ2n) is 5.05. The topological polar surface area (TPSA) is 24.5 Å². The largest absolute Gasteiger partial charge is 0.497 e. The molecule has 0 saturated carbocycles. The highest BCUT2D eigenvalue weighted by atomic mass is 19.1.